The van der Waals surface area contributed by atoms with Crippen LogP contribution < -0.4 is 5.73 Å². The fraction of sp³-hybridized carbons (Fsp3) is 0.294. The van der Waals surface area contributed by atoms with E-state index in [0.29, 0.717) is 6.04 Å². The number of pyridine rings is 1. The van der Waals surface area contributed by atoms with Gasteiger partial charge in [0.2, 0.25) is 0 Å². The quantitative estimate of drug-likeness (QED) is 0.728. The van der Waals surface area contributed by atoms with E-state index >= 15 is 0 Å². The molecule has 0 bridgehead atoms. The molecular formula is C17H18N4. The highest BCUT2D eigenvalue weighted by Crippen LogP contribution is 2.41. The SMILES string of the molecule is Cc1cc(N)cc(-c2nc3cccnc3n2C2CC2)c1C. The topological polar surface area (TPSA) is 56.7 Å². The number of imidazole rings is 1. The monoisotopic (exact) mass is 278 g/mol. The van der Waals surface area contributed by atoms with Crippen LogP contribution in [-0.2, 0) is 0 Å². The molecule has 4 rings (SSSR count). The molecule has 1 aliphatic rings. The van der Waals surface area contributed by atoms with Gasteiger partial charge in [-0.3, -0.25) is 0 Å². The number of nitrogens with zero attached hydrogens (tertiary/aromatic N) is 3. The van der Waals surface area contributed by atoms with E-state index in [-0.39, 0.29) is 0 Å². The van der Waals surface area contributed by atoms with Crippen molar-refractivity contribution in [1.82, 2.24) is 14.5 Å². The highest BCUT2D eigenvalue weighted by Gasteiger charge is 2.29. The molecule has 4 nitrogen and oxygen atoms in total. The third-order valence-corrected chi connectivity index (χ3v) is 4.29. The van der Waals surface area contributed by atoms with Crippen LogP contribution in [0.4, 0.5) is 5.69 Å². The zero-order chi connectivity index (χ0) is 14.6. The maximum Gasteiger partial charge on any atom is 0.160 e. The number of rotatable bonds is 2. The Kier molecular flexibility index (Phi) is 2.55. The van der Waals surface area contributed by atoms with Crippen LogP contribution in [0.25, 0.3) is 22.6 Å². The van der Waals surface area contributed by atoms with Gasteiger partial charge in [-0.05, 0) is 62.1 Å². The van der Waals surface area contributed by atoms with Gasteiger partial charge in [-0.25, -0.2) is 9.97 Å². The van der Waals surface area contributed by atoms with Gasteiger partial charge in [0, 0.05) is 23.5 Å². The molecule has 2 N–H and O–H groups in total. The minimum Gasteiger partial charge on any atom is -0.399 e. The Hall–Kier alpha value is -2.36. The van der Waals surface area contributed by atoms with Crippen molar-refractivity contribution in [2.75, 3.05) is 5.73 Å². The first-order chi connectivity index (χ1) is 10.1. The van der Waals surface area contributed by atoms with Crippen LogP contribution in [0.3, 0.4) is 0 Å². The maximum absolute atomic E-state index is 6.05. The fourth-order valence-electron chi connectivity index (χ4n) is 2.92. The number of hydrogen-bond donors (Lipinski definition) is 1. The van der Waals surface area contributed by atoms with Crippen molar-refractivity contribution in [2.45, 2.75) is 32.7 Å². The van der Waals surface area contributed by atoms with Crippen molar-refractivity contribution in [1.29, 1.82) is 0 Å². The summed E-state index contributed by atoms with van der Waals surface area (Å²) in [5.74, 6) is 0.999. The molecule has 21 heavy (non-hydrogen) atoms. The predicted octanol–water partition coefficient (Wildman–Crippen LogP) is 3.63. The van der Waals surface area contributed by atoms with E-state index in [9.17, 15) is 0 Å². The first kappa shape index (κ1) is 12.4. The molecule has 0 saturated heterocycles. The molecule has 0 radical (unpaired) electrons. The van der Waals surface area contributed by atoms with Crippen molar-refractivity contribution in [3.05, 3.63) is 41.6 Å². The largest absolute Gasteiger partial charge is 0.399 e. The smallest absolute Gasteiger partial charge is 0.160 e. The third kappa shape index (κ3) is 1.90. The zero-order valence-corrected chi connectivity index (χ0v) is 12.3. The number of benzene rings is 1. The summed E-state index contributed by atoms with van der Waals surface area (Å²) < 4.78 is 2.29. The number of nitrogens with two attached hydrogens (primary N) is 1. The first-order valence-corrected chi connectivity index (χ1v) is 7.35. The Morgan fingerprint density at radius 1 is 1.24 bits per heavy atom. The van der Waals surface area contributed by atoms with Gasteiger partial charge >= 0.3 is 0 Å². The molecule has 3 aromatic rings. The molecule has 0 spiro atoms. The minimum absolute atomic E-state index is 0.529. The first-order valence-electron chi connectivity index (χ1n) is 7.35. The van der Waals surface area contributed by atoms with Crippen molar-refractivity contribution in [3.8, 4) is 11.4 Å². The molecule has 1 aliphatic carbocycles. The van der Waals surface area contributed by atoms with Crippen LogP contribution in [0.15, 0.2) is 30.5 Å². The summed E-state index contributed by atoms with van der Waals surface area (Å²) in [6.45, 7) is 4.23. The molecule has 1 aromatic carbocycles. The number of fused-ring (bicyclic) bond motifs is 1. The highest BCUT2D eigenvalue weighted by molar-refractivity contribution is 5.79. The molecule has 2 heterocycles. The molecule has 0 amide bonds. The van der Waals surface area contributed by atoms with Crippen LogP contribution in [0.1, 0.15) is 30.0 Å². The number of aromatic nitrogens is 3. The van der Waals surface area contributed by atoms with E-state index in [0.717, 1.165) is 28.2 Å². The van der Waals surface area contributed by atoms with E-state index in [1.54, 1.807) is 0 Å². The molecule has 2 aromatic heterocycles. The highest BCUT2D eigenvalue weighted by atomic mass is 15.2. The summed E-state index contributed by atoms with van der Waals surface area (Å²) in [6.07, 6.45) is 4.24. The van der Waals surface area contributed by atoms with E-state index in [2.05, 4.69) is 23.4 Å². The second-order valence-corrected chi connectivity index (χ2v) is 5.89. The van der Waals surface area contributed by atoms with E-state index < -0.39 is 0 Å². The minimum atomic E-state index is 0.529. The van der Waals surface area contributed by atoms with Gasteiger partial charge in [0.25, 0.3) is 0 Å². The van der Waals surface area contributed by atoms with Gasteiger partial charge in [-0.1, -0.05) is 0 Å². The number of anilines is 1. The van der Waals surface area contributed by atoms with Gasteiger partial charge in [-0.2, -0.15) is 0 Å². The molecule has 0 aliphatic heterocycles. The molecule has 4 heteroatoms. The standard InChI is InChI=1S/C17H18N4/c1-10-8-12(18)9-14(11(10)2)16-20-15-4-3-7-19-17(15)21(16)13-5-6-13/h3-4,7-9,13H,5-6,18H2,1-2H3. The van der Waals surface area contributed by atoms with Crippen molar-refractivity contribution in [2.24, 2.45) is 0 Å². The lowest BCUT2D eigenvalue weighted by Crippen LogP contribution is -2.01. The van der Waals surface area contributed by atoms with Gasteiger partial charge in [0.05, 0.1) is 0 Å². The summed E-state index contributed by atoms with van der Waals surface area (Å²) in [5.41, 5.74) is 12.3. The van der Waals surface area contributed by atoms with Gasteiger partial charge < -0.3 is 10.3 Å². The van der Waals surface area contributed by atoms with Crippen LogP contribution in [0, 0.1) is 13.8 Å². The predicted molar refractivity (Wildman–Crippen MR) is 85.1 cm³/mol. The van der Waals surface area contributed by atoms with Gasteiger partial charge in [0.1, 0.15) is 11.3 Å². The molecular weight excluding hydrogens is 260 g/mol. The fourth-order valence-corrected chi connectivity index (χ4v) is 2.92. The third-order valence-electron chi connectivity index (χ3n) is 4.29. The second kappa shape index (κ2) is 4.32. The van der Waals surface area contributed by atoms with Crippen LogP contribution >= 0.6 is 0 Å². The van der Waals surface area contributed by atoms with Crippen molar-refractivity contribution < 1.29 is 0 Å². The van der Waals surface area contributed by atoms with Gasteiger partial charge in [0.15, 0.2) is 5.65 Å². The molecule has 0 unspecified atom stereocenters. The van der Waals surface area contributed by atoms with Crippen LogP contribution in [0.2, 0.25) is 0 Å². The number of aryl methyl sites for hydroxylation is 1. The number of hydrogen-bond acceptors (Lipinski definition) is 3. The summed E-state index contributed by atoms with van der Waals surface area (Å²) in [7, 11) is 0. The van der Waals surface area contributed by atoms with E-state index in [4.69, 9.17) is 10.7 Å². The summed E-state index contributed by atoms with van der Waals surface area (Å²) >= 11 is 0. The van der Waals surface area contributed by atoms with E-state index in [1.807, 2.05) is 30.5 Å². The van der Waals surface area contributed by atoms with Crippen LogP contribution in [0.5, 0.6) is 0 Å². The molecule has 106 valence electrons. The molecule has 1 saturated carbocycles. The second-order valence-electron chi connectivity index (χ2n) is 5.89. The molecule has 1 fully saturated rings. The Balaban J connectivity index is 2.05. The Morgan fingerprint density at radius 3 is 2.81 bits per heavy atom. The van der Waals surface area contributed by atoms with Crippen LogP contribution in [-0.4, -0.2) is 14.5 Å². The Bertz CT molecular complexity index is 843. The summed E-state index contributed by atoms with van der Waals surface area (Å²) in [4.78, 5) is 9.36. The number of nitrogen functional groups attached to an aromatic ring is 1. The maximum atomic E-state index is 6.05. The lowest BCUT2D eigenvalue weighted by atomic mass is 10.0. The van der Waals surface area contributed by atoms with E-state index in [1.165, 1.54) is 24.0 Å². The van der Waals surface area contributed by atoms with Crippen molar-refractivity contribution >= 4 is 16.9 Å². The average Bonchev–Trinajstić information content (AvgIpc) is 3.23. The van der Waals surface area contributed by atoms with Gasteiger partial charge in [-0.15, -0.1) is 0 Å². The van der Waals surface area contributed by atoms with Crippen molar-refractivity contribution in [3.63, 3.8) is 0 Å². The summed E-state index contributed by atoms with van der Waals surface area (Å²) in [5, 5.41) is 0. The average molecular weight is 278 g/mol. The lowest BCUT2D eigenvalue weighted by Gasteiger charge is -2.12. The summed E-state index contributed by atoms with van der Waals surface area (Å²) in [6, 6.07) is 8.54. The Labute approximate surface area is 123 Å². The Morgan fingerprint density at radius 2 is 2.05 bits per heavy atom. The molecule has 0 atom stereocenters. The zero-order valence-electron chi connectivity index (χ0n) is 12.3. The lowest BCUT2D eigenvalue weighted by molar-refractivity contribution is 0.766. The normalized spacial score (nSPS) is 14.8.